The predicted octanol–water partition coefficient (Wildman–Crippen LogP) is 1.07. The number of anilines is 1. The highest BCUT2D eigenvalue weighted by Crippen LogP contribution is 2.18. The Kier molecular flexibility index (Phi) is 24.6. The first-order valence-corrected chi connectivity index (χ1v) is 20.8. The molecule has 0 saturated carbocycles. The van der Waals surface area contributed by atoms with Crippen LogP contribution >= 0.6 is 0 Å². The molecule has 1 aromatic rings. The fraction of sp³-hybridized carbons (Fsp3) is 0.619. The zero-order chi connectivity index (χ0) is 45.9. The summed E-state index contributed by atoms with van der Waals surface area (Å²) < 4.78 is 27.2. The average molecular weight is 876 g/mol. The van der Waals surface area contributed by atoms with Crippen LogP contribution in [0, 0.1) is 11.3 Å². The van der Waals surface area contributed by atoms with Crippen molar-refractivity contribution >= 4 is 53.1 Å². The summed E-state index contributed by atoms with van der Waals surface area (Å²) in [5.74, 6) is -3.21. The molecule has 346 valence electrons. The Labute approximate surface area is 363 Å². The lowest BCUT2D eigenvalue weighted by molar-refractivity contribution is -0.154. The second kappa shape index (κ2) is 29.0. The number of esters is 1. The molecule has 20 nitrogen and oxygen atoms in total. The summed E-state index contributed by atoms with van der Waals surface area (Å²) in [4.78, 5) is 98.8. The summed E-state index contributed by atoms with van der Waals surface area (Å²) >= 11 is 0. The number of ether oxygens (including phenoxy) is 5. The van der Waals surface area contributed by atoms with Crippen molar-refractivity contribution in [3.8, 4) is 0 Å². The molecule has 1 aliphatic rings. The highest BCUT2D eigenvalue weighted by atomic mass is 16.6. The van der Waals surface area contributed by atoms with Crippen molar-refractivity contribution in [3.63, 3.8) is 0 Å². The fourth-order valence-corrected chi connectivity index (χ4v) is 5.42. The van der Waals surface area contributed by atoms with Gasteiger partial charge in [-0.2, -0.15) is 0 Å². The summed E-state index contributed by atoms with van der Waals surface area (Å²) in [7, 11) is 0. The van der Waals surface area contributed by atoms with Gasteiger partial charge in [-0.25, -0.2) is 4.79 Å². The maximum Gasteiger partial charge on any atom is 0.312 e. The molecule has 2 atom stereocenters. The van der Waals surface area contributed by atoms with Crippen LogP contribution in [0.1, 0.15) is 72.3 Å². The van der Waals surface area contributed by atoms with E-state index in [9.17, 15) is 38.4 Å². The van der Waals surface area contributed by atoms with E-state index in [1.54, 1.807) is 58.9 Å². The summed E-state index contributed by atoms with van der Waals surface area (Å²) in [6, 6.07) is 4.21. The van der Waals surface area contributed by atoms with Crippen molar-refractivity contribution < 1.29 is 62.0 Å². The third kappa shape index (κ3) is 22.4. The third-order valence-corrected chi connectivity index (χ3v) is 8.94. The van der Waals surface area contributed by atoms with Gasteiger partial charge in [0.2, 0.25) is 23.6 Å². The van der Waals surface area contributed by atoms with Crippen LogP contribution < -0.4 is 32.3 Å². The molecule has 0 fully saturated rings. The number of amides is 8. The fourth-order valence-electron chi connectivity index (χ4n) is 5.42. The molecule has 7 N–H and O–H groups in total. The molecule has 0 unspecified atom stereocenters. The van der Waals surface area contributed by atoms with E-state index < -0.39 is 53.1 Å². The highest BCUT2D eigenvalue weighted by Gasteiger charge is 2.29. The van der Waals surface area contributed by atoms with Gasteiger partial charge in [0.15, 0.2) is 0 Å². The minimum Gasteiger partial charge on any atom is -0.460 e. The van der Waals surface area contributed by atoms with E-state index in [-0.39, 0.29) is 83.2 Å². The molecule has 0 spiro atoms. The monoisotopic (exact) mass is 875 g/mol. The van der Waals surface area contributed by atoms with E-state index in [1.165, 1.54) is 12.2 Å². The highest BCUT2D eigenvalue weighted by molar-refractivity contribution is 6.13. The van der Waals surface area contributed by atoms with E-state index in [0.717, 1.165) is 10.5 Å². The Morgan fingerprint density at radius 1 is 0.694 bits per heavy atom. The third-order valence-electron chi connectivity index (χ3n) is 8.94. The number of carbonyl (C=O) groups is 8. The van der Waals surface area contributed by atoms with Crippen LogP contribution in [0.2, 0.25) is 0 Å². The standard InChI is InChI=1S/C42H65N7O13/c1-29(2)37(39(55)47-32(8-6-7-17-45-41(43)57)38(54)46-31-11-9-30(10-12-31)28-62-40(56)42(3,4)5)48-34(51)16-20-58-22-24-60-26-27-61-25-23-59-21-18-44-33(50)15-19-49-35(52)13-14-36(49)53/h9-14,29,32,37H,6-8,15-28H2,1-5H3,(H,44,50)(H,46,54)(H,47,55)(H,48,51)(H3,43,45,57)/t32-,37-/m1/s1. The van der Waals surface area contributed by atoms with Gasteiger partial charge in [-0.1, -0.05) is 26.0 Å². The van der Waals surface area contributed by atoms with Crippen LogP contribution in [0.4, 0.5) is 10.5 Å². The van der Waals surface area contributed by atoms with Gasteiger partial charge in [-0.05, 0) is 63.6 Å². The minimum absolute atomic E-state index is 0.0101. The number of rotatable bonds is 31. The van der Waals surface area contributed by atoms with Crippen LogP contribution in [0.25, 0.3) is 0 Å². The second-order valence-corrected chi connectivity index (χ2v) is 15.6. The van der Waals surface area contributed by atoms with E-state index in [1.807, 2.05) is 0 Å². The summed E-state index contributed by atoms with van der Waals surface area (Å²) in [5, 5.41) is 13.5. The van der Waals surface area contributed by atoms with Crippen LogP contribution in [-0.4, -0.2) is 137 Å². The molecule has 0 radical (unpaired) electrons. The number of urea groups is 1. The number of nitrogens with two attached hydrogens (primary N) is 1. The lowest BCUT2D eigenvalue weighted by Gasteiger charge is -2.25. The van der Waals surface area contributed by atoms with Gasteiger partial charge in [-0.15, -0.1) is 0 Å². The number of carbonyl (C=O) groups excluding carboxylic acids is 8. The van der Waals surface area contributed by atoms with Crippen molar-refractivity contribution in [1.29, 1.82) is 0 Å². The maximum absolute atomic E-state index is 13.5. The number of hydrogen-bond donors (Lipinski definition) is 6. The first-order valence-electron chi connectivity index (χ1n) is 20.8. The number of imide groups is 1. The van der Waals surface area contributed by atoms with Gasteiger partial charge < -0.3 is 56.0 Å². The lowest BCUT2D eigenvalue weighted by Crippen LogP contribution is -2.54. The molecule has 1 aromatic carbocycles. The van der Waals surface area contributed by atoms with Crippen molar-refractivity contribution in [2.24, 2.45) is 17.1 Å². The number of hydrogen-bond acceptors (Lipinski definition) is 13. The largest absolute Gasteiger partial charge is 0.460 e. The minimum atomic E-state index is -0.963. The molecule has 0 aromatic heterocycles. The number of nitrogens with one attached hydrogen (secondary N) is 5. The van der Waals surface area contributed by atoms with Gasteiger partial charge in [0.1, 0.15) is 18.7 Å². The van der Waals surface area contributed by atoms with Crippen molar-refractivity contribution in [1.82, 2.24) is 26.2 Å². The topological polar surface area (TPSA) is 272 Å². The Hall–Kier alpha value is -5.44. The SMILES string of the molecule is CC(C)[C@@H](NC(=O)CCOCCOCCOCCOCCNC(=O)CCN1C(=O)C=CC1=O)C(=O)N[C@H](CCCCNC(N)=O)C(=O)Nc1ccc(COC(=O)C(C)(C)C)cc1. The van der Waals surface area contributed by atoms with Gasteiger partial charge in [0.25, 0.3) is 11.8 Å². The van der Waals surface area contributed by atoms with Crippen molar-refractivity contribution in [2.45, 2.75) is 85.4 Å². The van der Waals surface area contributed by atoms with Gasteiger partial charge in [0.05, 0.1) is 58.3 Å². The quantitative estimate of drug-likeness (QED) is 0.0347. The molecule has 1 heterocycles. The Bertz CT molecular complexity index is 1630. The summed E-state index contributed by atoms with van der Waals surface area (Å²) in [6.07, 6.45) is 3.57. The zero-order valence-electron chi connectivity index (χ0n) is 36.5. The first kappa shape index (κ1) is 52.7. The zero-order valence-corrected chi connectivity index (χ0v) is 36.5. The summed E-state index contributed by atoms with van der Waals surface area (Å²) in [5.41, 5.74) is 5.70. The Morgan fingerprint density at radius 3 is 1.84 bits per heavy atom. The molecule has 0 saturated heterocycles. The van der Waals surface area contributed by atoms with Crippen LogP contribution in [0.3, 0.4) is 0 Å². The average Bonchev–Trinajstić information content (AvgIpc) is 3.54. The molecule has 0 bridgehead atoms. The van der Waals surface area contributed by atoms with E-state index >= 15 is 0 Å². The van der Waals surface area contributed by atoms with Gasteiger partial charge in [0, 0.05) is 50.3 Å². The molecule has 2 rings (SSSR count). The van der Waals surface area contributed by atoms with Crippen LogP contribution in [0.15, 0.2) is 36.4 Å². The van der Waals surface area contributed by atoms with E-state index in [4.69, 9.17) is 29.4 Å². The molecule has 0 aliphatic carbocycles. The number of nitrogens with zero attached hydrogens (tertiary/aromatic N) is 1. The first-order chi connectivity index (χ1) is 29.5. The summed E-state index contributed by atoms with van der Waals surface area (Å²) in [6.45, 7) is 11.7. The van der Waals surface area contributed by atoms with Gasteiger partial charge in [-0.3, -0.25) is 38.5 Å². The Morgan fingerprint density at radius 2 is 1.27 bits per heavy atom. The molecular weight excluding hydrogens is 810 g/mol. The lowest BCUT2D eigenvalue weighted by atomic mass is 9.97. The molecule has 1 aliphatic heterocycles. The van der Waals surface area contributed by atoms with E-state index in [2.05, 4.69) is 26.6 Å². The van der Waals surface area contributed by atoms with Gasteiger partial charge >= 0.3 is 12.0 Å². The molecule has 20 heteroatoms. The number of primary amides is 1. The van der Waals surface area contributed by atoms with Crippen LogP contribution in [-0.2, 0) is 63.9 Å². The Balaban J connectivity index is 1.65. The van der Waals surface area contributed by atoms with Crippen molar-refractivity contribution in [2.75, 3.05) is 77.8 Å². The second-order valence-electron chi connectivity index (χ2n) is 15.6. The molecule has 8 amide bonds. The maximum atomic E-state index is 13.5. The normalized spacial score (nSPS) is 13.4. The predicted molar refractivity (Wildman–Crippen MR) is 226 cm³/mol. The van der Waals surface area contributed by atoms with Crippen molar-refractivity contribution in [3.05, 3.63) is 42.0 Å². The smallest absolute Gasteiger partial charge is 0.312 e. The van der Waals surface area contributed by atoms with Crippen LogP contribution in [0.5, 0.6) is 0 Å². The number of benzene rings is 1. The number of unbranched alkanes of at least 4 members (excludes halogenated alkanes) is 1. The molecular formula is C42H65N7O13. The van der Waals surface area contributed by atoms with E-state index in [0.29, 0.717) is 51.5 Å². The molecule has 62 heavy (non-hydrogen) atoms.